The normalized spacial score (nSPS) is 20.3. The molecule has 6 heteroatoms. The molecule has 4 rings (SSSR count). The number of rotatable bonds is 6. The molecule has 2 aromatic heterocycles. The summed E-state index contributed by atoms with van der Waals surface area (Å²) in [5, 5.41) is 0. The van der Waals surface area contributed by atoms with E-state index in [1.807, 2.05) is 44.7 Å². The minimum absolute atomic E-state index is 0.189. The molecule has 0 aromatic carbocycles. The monoisotopic (exact) mass is 339 g/mol. The smallest absolute Gasteiger partial charge is 0.133 e. The maximum absolute atomic E-state index is 6.20. The van der Waals surface area contributed by atoms with Crippen molar-refractivity contribution in [3.63, 3.8) is 0 Å². The predicted octanol–water partition coefficient (Wildman–Crippen LogP) is 2.47. The van der Waals surface area contributed by atoms with Gasteiger partial charge in [0.05, 0.1) is 12.2 Å². The van der Waals surface area contributed by atoms with Crippen LogP contribution in [0.4, 0.5) is 5.82 Å². The van der Waals surface area contributed by atoms with E-state index in [1.54, 1.807) is 0 Å². The molecule has 6 nitrogen and oxygen atoms in total. The maximum Gasteiger partial charge on any atom is 0.133 e. The first-order valence-electron chi connectivity index (χ1n) is 9.01. The van der Waals surface area contributed by atoms with Crippen molar-refractivity contribution < 1.29 is 4.74 Å². The molecule has 0 radical (unpaired) electrons. The zero-order chi connectivity index (χ0) is 17.2. The van der Waals surface area contributed by atoms with Crippen molar-refractivity contribution in [3.05, 3.63) is 42.1 Å². The highest BCUT2D eigenvalue weighted by Gasteiger charge is 2.29. The van der Waals surface area contributed by atoms with Crippen LogP contribution >= 0.6 is 0 Å². The van der Waals surface area contributed by atoms with E-state index in [-0.39, 0.29) is 6.10 Å². The Morgan fingerprint density at radius 2 is 2.00 bits per heavy atom. The van der Waals surface area contributed by atoms with Crippen molar-refractivity contribution in [1.29, 1.82) is 0 Å². The van der Waals surface area contributed by atoms with Crippen LogP contribution in [0.5, 0.6) is 5.75 Å². The molecule has 1 aliphatic heterocycles. The second kappa shape index (κ2) is 6.96. The lowest BCUT2D eigenvalue weighted by Crippen LogP contribution is -2.25. The van der Waals surface area contributed by atoms with Crippen molar-refractivity contribution in [1.82, 2.24) is 19.9 Å². The Morgan fingerprint density at radius 3 is 2.80 bits per heavy atom. The molecule has 1 aliphatic carbocycles. The van der Waals surface area contributed by atoms with Crippen LogP contribution in [0.2, 0.25) is 0 Å². The molecule has 2 aliphatic rings. The molecule has 0 N–H and O–H groups in total. The lowest BCUT2D eigenvalue weighted by atomic mass is 10.3. The average Bonchev–Trinajstić information content (AvgIpc) is 3.35. The molecule has 1 unspecified atom stereocenters. The van der Waals surface area contributed by atoms with Crippen molar-refractivity contribution in [2.45, 2.75) is 37.8 Å². The van der Waals surface area contributed by atoms with Gasteiger partial charge in [-0.25, -0.2) is 9.97 Å². The number of ether oxygens (including phenoxy) is 1. The van der Waals surface area contributed by atoms with Gasteiger partial charge in [-0.15, -0.1) is 0 Å². The number of hydrogen-bond donors (Lipinski definition) is 0. The Hall–Kier alpha value is -2.21. The van der Waals surface area contributed by atoms with Crippen LogP contribution in [0, 0.1) is 0 Å². The standard InChI is InChI=1S/C19H25N5O/c1-23(2)12-15-11-16(5-8-20-15)25-17-7-10-24(13-17)18-6-9-21-19(22-18)14-3-4-14/h5-6,8-9,11,14,17H,3-4,7,10,12-13H2,1-2H3. The van der Waals surface area contributed by atoms with Gasteiger partial charge in [-0.1, -0.05) is 0 Å². The summed E-state index contributed by atoms with van der Waals surface area (Å²) in [6, 6.07) is 5.99. The number of anilines is 1. The van der Waals surface area contributed by atoms with Crippen molar-refractivity contribution >= 4 is 5.82 Å². The van der Waals surface area contributed by atoms with E-state index >= 15 is 0 Å². The fraction of sp³-hybridized carbons (Fsp3) is 0.526. The summed E-state index contributed by atoms with van der Waals surface area (Å²) in [7, 11) is 4.09. The average molecular weight is 339 g/mol. The van der Waals surface area contributed by atoms with Gasteiger partial charge in [0.25, 0.3) is 0 Å². The van der Waals surface area contributed by atoms with E-state index in [9.17, 15) is 0 Å². The molecule has 0 amide bonds. The molecule has 0 bridgehead atoms. The Bertz CT molecular complexity index is 731. The highest BCUT2D eigenvalue weighted by Crippen LogP contribution is 2.38. The Labute approximate surface area is 148 Å². The van der Waals surface area contributed by atoms with Gasteiger partial charge >= 0.3 is 0 Å². The van der Waals surface area contributed by atoms with Gasteiger partial charge in [-0.2, -0.15) is 0 Å². The van der Waals surface area contributed by atoms with Gasteiger partial charge in [0, 0.05) is 43.9 Å². The highest BCUT2D eigenvalue weighted by atomic mass is 16.5. The molecule has 1 saturated carbocycles. The summed E-state index contributed by atoms with van der Waals surface area (Å²) in [6.07, 6.45) is 7.37. The lowest BCUT2D eigenvalue weighted by Gasteiger charge is -2.18. The Balaban J connectivity index is 1.38. The fourth-order valence-corrected chi connectivity index (χ4v) is 3.24. The second-order valence-corrected chi connectivity index (χ2v) is 7.24. The number of pyridine rings is 1. The van der Waals surface area contributed by atoms with Gasteiger partial charge in [0.2, 0.25) is 0 Å². The lowest BCUT2D eigenvalue weighted by molar-refractivity contribution is 0.224. The predicted molar refractivity (Wildman–Crippen MR) is 96.9 cm³/mol. The van der Waals surface area contributed by atoms with E-state index in [0.29, 0.717) is 5.92 Å². The van der Waals surface area contributed by atoms with Gasteiger partial charge < -0.3 is 14.5 Å². The summed E-state index contributed by atoms with van der Waals surface area (Å²) in [5.74, 6) is 3.52. The van der Waals surface area contributed by atoms with Crippen LogP contribution in [0.3, 0.4) is 0 Å². The summed E-state index contributed by atoms with van der Waals surface area (Å²) < 4.78 is 6.20. The molecular weight excluding hydrogens is 314 g/mol. The van der Waals surface area contributed by atoms with Crippen LogP contribution < -0.4 is 9.64 Å². The SMILES string of the molecule is CN(C)Cc1cc(OC2CCN(c3ccnc(C4CC4)n3)C2)ccn1. The van der Waals surface area contributed by atoms with Crippen LogP contribution in [-0.4, -0.2) is 53.1 Å². The van der Waals surface area contributed by atoms with Gasteiger partial charge in [0.1, 0.15) is 23.5 Å². The quantitative estimate of drug-likeness (QED) is 0.806. The third-order valence-corrected chi connectivity index (χ3v) is 4.64. The molecular formula is C19H25N5O. The van der Waals surface area contributed by atoms with E-state index in [1.165, 1.54) is 12.8 Å². The molecule has 2 fully saturated rings. The third kappa shape index (κ3) is 4.07. The minimum Gasteiger partial charge on any atom is -0.488 e. The topological polar surface area (TPSA) is 54.4 Å². The van der Waals surface area contributed by atoms with Gasteiger partial charge in [0.15, 0.2) is 0 Å². The van der Waals surface area contributed by atoms with E-state index in [2.05, 4.69) is 19.8 Å². The molecule has 132 valence electrons. The number of aromatic nitrogens is 3. The summed E-state index contributed by atoms with van der Waals surface area (Å²) in [4.78, 5) is 18.0. The van der Waals surface area contributed by atoms with Crippen molar-refractivity contribution in [3.8, 4) is 5.75 Å². The Morgan fingerprint density at radius 1 is 1.16 bits per heavy atom. The minimum atomic E-state index is 0.189. The molecule has 3 heterocycles. The molecule has 2 aromatic rings. The summed E-state index contributed by atoms with van der Waals surface area (Å²) in [6.45, 7) is 2.66. The molecule has 0 spiro atoms. The van der Waals surface area contributed by atoms with Gasteiger partial charge in [-0.05, 0) is 39.1 Å². The highest BCUT2D eigenvalue weighted by molar-refractivity contribution is 5.40. The van der Waals surface area contributed by atoms with Gasteiger partial charge in [-0.3, -0.25) is 4.98 Å². The zero-order valence-electron chi connectivity index (χ0n) is 14.9. The van der Waals surface area contributed by atoms with E-state index in [0.717, 1.165) is 49.1 Å². The van der Waals surface area contributed by atoms with Crippen LogP contribution in [0.15, 0.2) is 30.6 Å². The number of hydrogen-bond acceptors (Lipinski definition) is 6. The largest absolute Gasteiger partial charge is 0.488 e. The van der Waals surface area contributed by atoms with Crippen LogP contribution in [0.25, 0.3) is 0 Å². The first kappa shape index (κ1) is 16.3. The summed E-state index contributed by atoms with van der Waals surface area (Å²) >= 11 is 0. The van der Waals surface area contributed by atoms with E-state index in [4.69, 9.17) is 9.72 Å². The first-order valence-corrected chi connectivity index (χ1v) is 9.01. The third-order valence-electron chi connectivity index (χ3n) is 4.64. The molecule has 25 heavy (non-hydrogen) atoms. The second-order valence-electron chi connectivity index (χ2n) is 7.24. The molecule has 1 saturated heterocycles. The van der Waals surface area contributed by atoms with E-state index < -0.39 is 0 Å². The fourth-order valence-electron chi connectivity index (χ4n) is 3.24. The van der Waals surface area contributed by atoms with Crippen molar-refractivity contribution in [2.75, 3.05) is 32.1 Å². The zero-order valence-corrected chi connectivity index (χ0v) is 14.9. The van der Waals surface area contributed by atoms with Crippen molar-refractivity contribution in [2.24, 2.45) is 0 Å². The summed E-state index contributed by atoms with van der Waals surface area (Å²) in [5.41, 5.74) is 1.03. The van der Waals surface area contributed by atoms with Crippen LogP contribution in [0.1, 0.15) is 36.7 Å². The first-order chi connectivity index (χ1) is 12.2. The Kier molecular flexibility index (Phi) is 4.53. The van der Waals surface area contributed by atoms with Crippen LogP contribution in [-0.2, 0) is 6.54 Å². The molecule has 1 atom stereocenters. The maximum atomic E-state index is 6.20. The number of nitrogens with zero attached hydrogens (tertiary/aromatic N) is 5.